The molecule has 2 fully saturated rings. The predicted molar refractivity (Wildman–Crippen MR) is 89.2 cm³/mol. The second-order valence-electron chi connectivity index (χ2n) is 7.81. The van der Waals surface area contributed by atoms with Crippen LogP contribution in [0.15, 0.2) is 0 Å². The molecule has 4 nitrogen and oxygen atoms in total. The molecule has 5 heteroatoms. The van der Waals surface area contributed by atoms with Crippen LogP contribution in [-0.4, -0.2) is 45.5 Å². The van der Waals surface area contributed by atoms with Crippen molar-refractivity contribution < 1.29 is 0 Å². The topological polar surface area (TPSA) is 32.3 Å². The average molecular weight is 308 g/mol. The van der Waals surface area contributed by atoms with Crippen molar-refractivity contribution in [2.75, 3.05) is 18.0 Å². The first kappa shape index (κ1) is 15.2. The molecule has 2 saturated heterocycles. The van der Waals surface area contributed by atoms with Crippen LogP contribution in [0.2, 0.25) is 0 Å². The molecule has 0 saturated carbocycles. The van der Waals surface area contributed by atoms with Crippen LogP contribution in [0.5, 0.6) is 0 Å². The van der Waals surface area contributed by atoms with E-state index in [0.29, 0.717) is 12.1 Å². The van der Waals surface area contributed by atoms with Gasteiger partial charge in [0.2, 0.25) is 5.13 Å². The highest BCUT2D eigenvalue weighted by atomic mass is 32.1. The van der Waals surface area contributed by atoms with Gasteiger partial charge in [0.05, 0.1) is 0 Å². The Hall–Kier alpha value is -0.680. The van der Waals surface area contributed by atoms with Gasteiger partial charge in [-0.05, 0) is 33.1 Å². The predicted octanol–water partition coefficient (Wildman–Crippen LogP) is 3.29. The molecule has 0 N–H and O–H groups in total. The van der Waals surface area contributed by atoms with Crippen molar-refractivity contribution in [2.24, 2.45) is 0 Å². The summed E-state index contributed by atoms with van der Waals surface area (Å²) in [6.45, 7) is 13.5. The summed E-state index contributed by atoms with van der Waals surface area (Å²) in [5.41, 5.74) is 0.0452. The van der Waals surface area contributed by atoms with Crippen LogP contribution in [0.25, 0.3) is 0 Å². The molecule has 2 unspecified atom stereocenters. The van der Waals surface area contributed by atoms with E-state index in [2.05, 4.69) is 48.8 Å². The molecule has 1 aromatic rings. The van der Waals surface area contributed by atoms with E-state index in [-0.39, 0.29) is 5.41 Å². The first-order valence-corrected chi connectivity index (χ1v) is 9.00. The highest BCUT2D eigenvalue weighted by Crippen LogP contribution is 2.34. The maximum absolute atomic E-state index is 4.82. The zero-order valence-electron chi connectivity index (χ0n) is 14.0. The Kier molecular flexibility index (Phi) is 3.99. The third-order valence-corrected chi connectivity index (χ3v) is 5.57. The van der Waals surface area contributed by atoms with E-state index in [9.17, 15) is 0 Å². The molecule has 2 atom stereocenters. The third kappa shape index (κ3) is 2.95. The Bertz CT molecular complexity index is 491. The van der Waals surface area contributed by atoms with E-state index < -0.39 is 0 Å². The van der Waals surface area contributed by atoms with Gasteiger partial charge in [0, 0.05) is 48.2 Å². The van der Waals surface area contributed by atoms with Crippen molar-refractivity contribution in [3.8, 4) is 0 Å². The van der Waals surface area contributed by atoms with Crippen molar-refractivity contribution in [2.45, 2.75) is 77.4 Å². The standard InChI is InChI=1S/C16H28N4S/c1-11(2)20-12-6-7-13(20)10-19(9-8-12)15-17-14(18-21-15)16(3,4)5/h11-13H,6-10H2,1-5H3. The lowest BCUT2D eigenvalue weighted by Crippen LogP contribution is -2.43. The van der Waals surface area contributed by atoms with Crippen molar-refractivity contribution in [1.29, 1.82) is 0 Å². The Morgan fingerprint density at radius 2 is 1.86 bits per heavy atom. The second-order valence-corrected chi connectivity index (χ2v) is 8.54. The maximum Gasteiger partial charge on any atom is 0.205 e. The van der Waals surface area contributed by atoms with E-state index in [0.717, 1.165) is 30.1 Å². The van der Waals surface area contributed by atoms with Crippen LogP contribution in [0.3, 0.4) is 0 Å². The van der Waals surface area contributed by atoms with Crippen LogP contribution < -0.4 is 4.90 Å². The van der Waals surface area contributed by atoms with Gasteiger partial charge >= 0.3 is 0 Å². The largest absolute Gasteiger partial charge is 0.345 e. The van der Waals surface area contributed by atoms with Gasteiger partial charge in [-0.15, -0.1) is 0 Å². The normalized spacial score (nSPS) is 27.4. The molecule has 3 heterocycles. The number of nitrogens with zero attached hydrogens (tertiary/aromatic N) is 4. The fraction of sp³-hybridized carbons (Fsp3) is 0.875. The fourth-order valence-electron chi connectivity index (χ4n) is 3.78. The number of anilines is 1. The molecule has 0 aliphatic carbocycles. The Balaban J connectivity index is 1.77. The zero-order chi connectivity index (χ0) is 15.2. The van der Waals surface area contributed by atoms with E-state index in [1.165, 1.54) is 19.3 Å². The molecule has 2 bridgehead atoms. The Morgan fingerprint density at radius 3 is 2.48 bits per heavy atom. The van der Waals surface area contributed by atoms with Crippen molar-refractivity contribution in [3.63, 3.8) is 0 Å². The molecule has 0 radical (unpaired) electrons. The second kappa shape index (κ2) is 5.51. The molecule has 21 heavy (non-hydrogen) atoms. The average Bonchev–Trinajstić information content (AvgIpc) is 2.93. The number of hydrogen-bond acceptors (Lipinski definition) is 5. The van der Waals surface area contributed by atoms with Crippen LogP contribution in [0, 0.1) is 0 Å². The summed E-state index contributed by atoms with van der Waals surface area (Å²) in [4.78, 5) is 10.0. The highest BCUT2D eigenvalue weighted by Gasteiger charge is 2.39. The minimum absolute atomic E-state index is 0.0452. The van der Waals surface area contributed by atoms with Gasteiger partial charge in [0.1, 0.15) is 5.82 Å². The molecule has 0 aromatic carbocycles. The molecular weight excluding hydrogens is 280 g/mol. The number of hydrogen-bond donors (Lipinski definition) is 0. The first-order chi connectivity index (χ1) is 9.86. The van der Waals surface area contributed by atoms with Gasteiger partial charge in [0.25, 0.3) is 0 Å². The summed E-state index contributed by atoms with van der Waals surface area (Å²) in [6, 6.07) is 2.12. The minimum atomic E-state index is 0.0452. The van der Waals surface area contributed by atoms with E-state index in [1.54, 1.807) is 11.5 Å². The lowest BCUT2D eigenvalue weighted by molar-refractivity contribution is 0.158. The molecule has 118 valence electrons. The number of rotatable bonds is 2. The minimum Gasteiger partial charge on any atom is -0.345 e. The Labute approximate surface area is 132 Å². The quantitative estimate of drug-likeness (QED) is 0.839. The summed E-state index contributed by atoms with van der Waals surface area (Å²) >= 11 is 1.58. The maximum atomic E-state index is 4.82. The van der Waals surface area contributed by atoms with Crippen LogP contribution in [0.1, 0.15) is 59.7 Å². The lowest BCUT2D eigenvalue weighted by atomic mass is 9.96. The summed E-state index contributed by atoms with van der Waals surface area (Å²) in [5.74, 6) is 0.984. The van der Waals surface area contributed by atoms with Gasteiger partial charge in [-0.1, -0.05) is 20.8 Å². The molecule has 1 aromatic heterocycles. The number of aromatic nitrogens is 2. The molecule has 2 aliphatic heterocycles. The lowest BCUT2D eigenvalue weighted by Gasteiger charge is -2.32. The SMILES string of the molecule is CC(C)N1C2CCC1CN(c1nc(C(C)(C)C)ns1)CC2. The summed E-state index contributed by atoms with van der Waals surface area (Å²) in [5, 5.41) is 1.12. The summed E-state index contributed by atoms with van der Waals surface area (Å²) < 4.78 is 4.58. The van der Waals surface area contributed by atoms with Crippen molar-refractivity contribution in [1.82, 2.24) is 14.3 Å². The first-order valence-electron chi connectivity index (χ1n) is 8.23. The fourth-order valence-corrected chi connectivity index (χ4v) is 4.67. The molecule has 2 aliphatic rings. The van der Waals surface area contributed by atoms with E-state index in [4.69, 9.17) is 4.98 Å². The Morgan fingerprint density at radius 1 is 1.14 bits per heavy atom. The zero-order valence-corrected chi connectivity index (χ0v) is 14.8. The van der Waals surface area contributed by atoms with Crippen LogP contribution >= 0.6 is 11.5 Å². The summed E-state index contributed by atoms with van der Waals surface area (Å²) in [6.07, 6.45) is 3.98. The molecule has 3 rings (SSSR count). The highest BCUT2D eigenvalue weighted by molar-refractivity contribution is 7.09. The van der Waals surface area contributed by atoms with Gasteiger partial charge in [-0.2, -0.15) is 4.37 Å². The smallest absolute Gasteiger partial charge is 0.205 e. The van der Waals surface area contributed by atoms with Gasteiger partial charge < -0.3 is 4.90 Å². The van der Waals surface area contributed by atoms with Gasteiger partial charge in [-0.25, -0.2) is 4.98 Å². The monoisotopic (exact) mass is 308 g/mol. The van der Waals surface area contributed by atoms with Crippen LogP contribution in [-0.2, 0) is 5.41 Å². The molecule has 0 spiro atoms. The number of fused-ring (bicyclic) bond motifs is 2. The summed E-state index contributed by atoms with van der Waals surface area (Å²) in [7, 11) is 0. The van der Waals surface area contributed by atoms with Crippen LogP contribution in [0.4, 0.5) is 5.13 Å². The van der Waals surface area contributed by atoms with Gasteiger partial charge in [-0.3, -0.25) is 4.90 Å². The van der Waals surface area contributed by atoms with Crippen molar-refractivity contribution >= 4 is 16.7 Å². The molecule has 0 amide bonds. The van der Waals surface area contributed by atoms with E-state index >= 15 is 0 Å². The van der Waals surface area contributed by atoms with Gasteiger partial charge in [0.15, 0.2) is 0 Å². The molecular formula is C16H28N4S. The third-order valence-electron chi connectivity index (χ3n) is 4.79. The van der Waals surface area contributed by atoms with Crippen molar-refractivity contribution in [3.05, 3.63) is 5.82 Å². The van der Waals surface area contributed by atoms with E-state index in [1.807, 2.05) is 0 Å².